The number of hydrogen-bond acceptors (Lipinski definition) is 3. The summed E-state index contributed by atoms with van der Waals surface area (Å²) in [6.45, 7) is 6.39. The van der Waals surface area contributed by atoms with E-state index in [-0.39, 0.29) is 0 Å². The van der Waals surface area contributed by atoms with E-state index in [0.717, 1.165) is 38.2 Å². The minimum atomic E-state index is 0.312. The highest BCUT2D eigenvalue weighted by atomic mass is 35.5. The van der Waals surface area contributed by atoms with E-state index >= 15 is 0 Å². The third-order valence-corrected chi connectivity index (χ3v) is 4.50. The van der Waals surface area contributed by atoms with Crippen LogP contribution in [0.2, 0.25) is 10.0 Å². The van der Waals surface area contributed by atoms with Gasteiger partial charge < -0.3 is 5.32 Å². The number of aromatic nitrogens is 1. The molecule has 0 radical (unpaired) electrons. The van der Waals surface area contributed by atoms with Crippen molar-refractivity contribution in [3.8, 4) is 0 Å². The first-order chi connectivity index (χ1) is 9.74. The molecule has 2 heterocycles. The lowest BCUT2D eigenvalue weighted by molar-refractivity contribution is 0.163. The highest BCUT2D eigenvalue weighted by molar-refractivity contribution is 6.35. The first kappa shape index (κ1) is 16.0. The molecule has 0 saturated carbocycles. The molecule has 0 amide bonds. The van der Waals surface area contributed by atoms with Gasteiger partial charge in [-0.1, -0.05) is 49.4 Å². The normalized spacial score (nSPS) is 18.1. The third-order valence-electron chi connectivity index (χ3n) is 3.90. The SMILES string of the molecule is CCCCC[C@@H](c1c(Cl)cncc1Cl)N1CCNCC1. The summed E-state index contributed by atoms with van der Waals surface area (Å²) in [6.07, 6.45) is 8.21. The molecular formula is C15H23Cl2N3. The van der Waals surface area contributed by atoms with Gasteiger partial charge in [0.2, 0.25) is 0 Å². The van der Waals surface area contributed by atoms with E-state index in [0.29, 0.717) is 16.1 Å². The van der Waals surface area contributed by atoms with Gasteiger partial charge in [0.05, 0.1) is 10.0 Å². The standard InChI is InChI=1S/C15H23Cl2N3/c1-2-3-4-5-14(20-8-6-18-7-9-20)15-12(16)10-19-11-13(15)17/h10-11,14,18H,2-9H2,1H3/t14-/m0/s1. The second kappa shape index (κ2) is 8.18. The Bertz CT molecular complexity index is 399. The Labute approximate surface area is 131 Å². The molecule has 1 saturated heterocycles. The second-order valence-corrected chi connectivity index (χ2v) is 6.13. The van der Waals surface area contributed by atoms with Crippen molar-refractivity contribution in [1.82, 2.24) is 15.2 Å². The van der Waals surface area contributed by atoms with Crippen molar-refractivity contribution < 1.29 is 0 Å². The molecule has 1 fully saturated rings. The predicted molar refractivity (Wildman–Crippen MR) is 85.6 cm³/mol. The van der Waals surface area contributed by atoms with Crippen LogP contribution >= 0.6 is 23.2 Å². The maximum absolute atomic E-state index is 6.37. The molecule has 0 spiro atoms. The number of pyridine rings is 1. The summed E-state index contributed by atoms with van der Waals surface area (Å²) < 4.78 is 0. The lowest BCUT2D eigenvalue weighted by Crippen LogP contribution is -2.45. The minimum absolute atomic E-state index is 0.312. The van der Waals surface area contributed by atoms with Crippen molar-refractivity contribution in [1.29, 1.82) is 0 Å². The molecule has 1 aromatic heterocycles. The van der Waals surface area contributed by atoms with Gasteiger partial charge in [-0.25, -0.2) is 0 Å². The highest BCUT2D eigenvalue weighted by Crippen LogP contribution is 2.36. The van der Waals surface area contributed by atoms with Crippen molar-refractivity contribution in [3.63, 3.8) is 0 Å². The summed E-state index contributed by atoms with van der Waals surface area (Å²) in [6, 6.07) is 0.312. The number of piperazine rings is 1. The number of nitrogens with zero attached hydrogens (tertiary/aromatic N) is 2. The molecule has 1 aliphatic heterocycles. The van der Waals surface area contributed by atoms with Gasteiger partial charge in [0.1, 0.15) is 0 Å². The van der Waals surface area contributed by atoms with Crippen LogP contribution in [0.4, 0.5) is 0 Å². The maximum Gasteiger partial charge on any atom is 0.0652 e. The van der Waals surface area contributed by atoms with Crippen LogP contribution in [0.15, 0.2) is 12.4 Å². The maximum atomic E-state index is 6.37. The predicted octanol–water partition coefficient (Wildman–Crippen LogP) is 3.92. The largest absolute Gasteiger partial charge is 0.314 e. The fraction of sp³-hybridized carbons (Fsp3) is 0.667. The summed E-state index contributed by atoms with van der Waals surface area (Å²) >= 11 is 12.7. The smallest absolute Gasteiger partial charge is 0.0652 e. The molecule has 112 valence electrons. The average Bonchev–Trinajstić information content (AvgIpc) is 2.46. The second-order valence-electron chi connectivity index (χ2n) is 5.31. The Morgan fingerprint density at radius 3 is 2.45 bits per heavy atom. The zero-order chi connectivity index (χ0) is 14.4. The first-order valence-corrected chi connectivity index (χ1v) is 8.23. The van der Waals surface area contributed by atoms with E-state index in [1.807, 2.05) is 0 Å². The van der Waals surface area contributed by atoms with Crippen LogP contribution in [-0.4, -0.2) is 36.1 Å². The van der Waals surface area contributed by atoms with Crippen molar-refractivity contribution in [2.24, 2.45) is 0 Å². The van der Waals surface area contributed by atoms with Crippen molar-refractivity contribution >= 4 is 23.2 Å². The molecule has 0 aromatic carbocycles. The zero-order valence-corrected chi connectivity index (χ0v) is 13.6. The van der Waals surface area contributed by atoms with Gasteiger partial charge in [-0.05, 0) is 6.42 Å². The number of nitrogens with one attached hydrogen (secondary N) is 1. The molecule has 5 heteroatoms. The van der Waals surface area contributed by atoms with Gasteiger partial charge in [-0.3, -0.25) is 9.88 Å². The van der Waals surface area contributed by atoms with Crippen LogP contribution in [0, 0.1) is 0 Å². The Morgan fingerprint density at radius 2 is 1.85 bits per heavy atom. The fourth-order valence-corrected chi connectivity index (χ4v) is 3.45. The number of unbranched alkanes of at least 4 members (excludes halogenated alkanes) is 2. The molecule has 0 bridgehead atoms. The summed E-state index contributed by atoms with van der Waals surface area (Å²) in [5.74, 6) is 0. The van der Waals surface area contributed by atoms with Crippen LogP contribution in [-0.2, 0) is 0 Å². The molecule has 0 unspecified atom stereocenters. The Morgan fingerprint density at radius 1 is 1.20 bits per heavy atom. The Balaban J connectivity index is 2.20. The summed E-state index contributed by atoms with van der Waals surface area (Å²) in [7, 11) is 0. The van der Waals surface area contributed by atoms with Crippen LogP contribution in [0.5, 0.6) is 0 Å². The van der Waals surface area contributed by atoms with Crippen LogP contribution < -0.4 is 5.32 Å². The molecule has 1 atom stereocenters. The van der Waals surface area contributed by atoms with E-state index in [1.165, 1.54) is 19.3 Å². The average molecular weight is 316 g/mol. The summed E-state index contributed by atoms with van der Waals surface area (Å²) in [5, 5.41) is 4.78. The first-order valence-electron chi connectivity index (χ1n) is 7.47. The van der Waals surface area contributed by atoms with E-state index in [1.54, 1.807) is 12.4 Å². The van der Waals surface area contributed by atoms with Gasteiger partial charge in [0.15, 0.2) is 0 Å². The third kappa shape index (κ3) is 4.08. The van der Waals surface area contributed by atoms with Crippen LogP contribution in [0.1, 0.15) is 44.2 Å². The van der Waals surface area contributed by atoms with Crippen molar-refractivity contribution in [3.05, 3.63) is 28.0 Å². The number of halogens is 2. The molecule has 1 aromatic rings. The van der Waals surface area contributed by atoms with Gasteiger partial charge in [0.25, 0.3) is 0 Å². The van der Waals surface area contributed by atoms with E-state index in [9.17, 15) is 0 Å². The molecule has 1 aliphatic rings. The minimum Gasteiger partial charge on any atom is -0.314 e. The van der Waals surface area contributed by atoms with Gasteiger partial charge >= 0.3 is 0 Å². The molecule has 2 rings (SSSR count). The molecule has 1 N–H and O–H groups in total. The summed E-state index contributed by atoms with van der Waals surface area (Å²) in [4.78, 5) is 6.57. The molecule has 20 heavy (non-hydrogen) atoms. The lowest BCUT2D eigenvalue weighted by atomic mass is 9.99. The number of hydrogen-bond donors (Lipinski definition) is 1. The van der Waals surface area contributed by atoms with Crippen molar-refractivity contribution in [2.75, 3.05) is 26.2 Å². The molecule has 0 aliphatic carbocycles. The fourth-order valence-electron chi connectivity index (χ4n) is 2.83. The Hall–Kier alpha value is -0.350. The van der Waals surface area contributed by atoms with Crippen LogP contribution in [0.3, 0.4) is 0 Å². The quantitative estimate of drug-likeness (QED) is 0.807. The van der Waals surface area contributed by atoms with Gasteiger partial charge in [-0.15, -0.1) is 0 Å². The van der Waals surface area contributed by atoms with Crippen molar-refractivity contribution in [2.45, 2.75) is 38.6 Å². The van der Waals surface area contributed by atoms with E-state index < -0.39 is 0 Å². The highest BCUT2D eigenvalue weighted by Gasteiger charge is 2.25. The zero-order valence-electron chi connectivity index (χ0n) is 12.0. The monoisotopic (exact) mass is 315 g/mol. The Kier molecular flexibility index (Phi) is 6.56. The number of rotatable bonds is 6. The van der Waals surface area contributed by atoms with E-state index in [4.69, 9.17) is 23.2 Å². The lowest BCUT2D eigenvalue weighted by Gasteiger charge is -2.36. The van der Waals surface area contributed by atoms with Gasteiger partial charge in [0, 0.05) is 50.2 Å². The molecule has 3 nitrogen and oxygen atoms in total. The van der Waals surface area contributed by atoms with E-state index in [2.05, 4.69) is 22.1 Å². The molecular weight excluding hydrogens is 293 g/mol. The van der Waals surface area contributed by atoms with Gasteiger partial charge in [-0.2, -0.15) is 0 Å². The summed E-state index contributed by atoms with van der Waals surface area (Å²) in [5.41, 5.74) is 1.06. The topological polar surface area (TPSA) is 28.2 Å². The van der Waals surface area contributed by atoms with Crippen LogP contribution in [0.25, 0.3) is 0 Å².